The fraction of sp³-hybridized carbons (Fsp3) is 0.364. The summed E-state index contributed by atoms with van der Waals surface area (Å²) in [4.78, 5) is 24.9. The highest BCUT2D eigenvalue weighted by atomic mass is 16.5. The average Bonchev–Trinajstić information content (AvgIpc) is 2.65. The number of amides is 1. The van der Waals surface area contributed by atoms with Crippen LogP contribution in [0.15, 0.2) is 54.6 Å². The van der Waals surface area contributed by atoms with Crippen LogP contribution in [-0.2, 0) is 14.9 Å². The fourth-order valence-electron chi connectivity index (χ4n) is 2.69. The molecule has 0 radical (unpaired) electrons. The minimum absolute atomic E-state index is 0.0218. The summed E-state index contributed by atoms with van der Waals surface area (Å²) in [5, 5.41) is 13.2. The molecular weight excluding hydrogens is 342 g/mol. The second-order valence-electron chi connectivity index (χ2n) is 7.39. The highest BCUT2D eigenvalue weighted by molar-refractivity contribution is 5.97. The first-order chi connectivity index (χ1) is 12.7. The van der Waals surface area contributed by atoms with E-state index in [-0.39, 0.29) is 12.0 Å². The molecule has 1 amide bonds. The molecule has 5 heteroatoms. The van der Waals surface area contributed by atoms with Gasteiger partial charge in [0.15, 0.2) is 6.04 Å². The van der Waals surface area contributed by atoms with Crippen LogP contribution in [0.3, 0.4) is 0 Å². The molecule has 0 saturated heterocycles. The Labute approximate surface area is 160 Å². The Morgan fingerprint density at radius 3 is 2.15 bits per heavy atom. The number of hydrogen-bond donors (Lipinski definition) is 2. The molecule has 0 aliphatic carbocycles. The van der Waals surface area contributed by atoms with E-state index in [0.29, 0.717) is 11.1 Å². The van der Waals surface area contributed by atoms with Crippen LogP contribution in [0.25, 0.3) is 0 Å². The number of ether oxygens (including phenoxy) is 1. The van der Waals surface area contributed by atoms with E-state index >= 15 is 0 Å². The van der Waals surface area contributed by atoms with Crippen molar-refractivity contribution in [2.24, 2.45) is 0 Å². The molecule has 2 unspecified atom stereocenters. The number of aliphatic hydroxyl groups excluding tert-OH is 1. The van der Waals surface area contributed by atoms with Crippen molar-refractivity contribution < 1.29 is 19.4 Å². The Kier molecular flexibility index (Phi) is 6.75. The second kappa shape index (κ2) is 8.82. The van der Waals surface area contributed by atoms with Crippen LogP contribution in [0.1, 0.15) is 55.3 Å². The second-order valence-corrected chi connectivity index (χ2v) is 7.39. The highest BCUT2D eigenvalue weighted by Gasteiger charge is 2.31. The van der Waals surface area contributed by atoms with E-state index in [1.165, 1.54) is 0 Å². The molecule has 2 aromatic carbocycles. The summed E-state index contributed by atoms with van der Waals surface area (Å²) < 4.78 is 5.03. The van der Waals surface area contributed by atoms with Crippen molar-refractivity contribution in [2.75, 3.05) is 6.61 Å². The largest absolute Gasteiger partial charge is 0.464 e. The number of carbonyl (C=O) groups excluding carboxylic acids is 2. The summed E-state index contributed by atoms with van der Waals surface area (Å²) >= 11 is 0. The van der Waals surface area contributed by atoms with Gasteiger partial charge in [-0.25, -0.2) is 4.79 Å². The molecule has 0 aromatic heterocycles. The zero-order valence-electron chi connectivity index (χ0n) is 16.2. The van der Waals surface area contributed by atoms with Gasteiger partial charge in [0.2, 0.25) is 0 Å². The number of esters is 1. The van der Waals surface area contributed by atoms with Gasteiger partial charge in [0, 0.05) is 5.56 Å². The highest BCUT2D eigenvalue weighted by Crippen LogP contribution is 2.23. The van der Waals surface area contributed by atoms with Crippen molar-refractivity contribution >= 4 is 11.9 Å². The Hall–Kier alpha value is -2.66. The lowest BCUT2D eigenvalue weighted by molar-refractivity contribution is -0.148. The first kappa shape index (κ1) is 20.6. The predicted molar refractivity (Wildman–Crippen MR) is 104 cm³/mol. The summed E-state index contributed by atoms with van der Waals surface area (Å²) in [6.45, 7) is 8.11. The lowest BCUT2D eigenvalue weighted by Gasteiger charge is -2.23. The monoisotopic (exact) mass is 369 g/mol. The number of aliphatic hydroxyl groups is 1. The van der Waals surface area contributed by atoms with Gasteiger partial charge in [0.25, 0.3) is 5.91 Å². The van der Waals surface area contributed by atoms with E-state index < -0.39 is 24.0 Å². The normalized spacial score (nSPS) is 13.5. The summed E-state index contributed by atoms with van der Waals surface area (Å²) in [5.74, 6) is -1.11. The van der Waals surface area contributed by atoms with Crippen molar-refractivity contribution in [3.05, 3.63) is 71.3 Å². The van der Waals surface area contributed by atoms with Crippen molar-refractivity contribution in [3.63, 3.8) is 0 Å². The summed E-state index contributed by atoms with van der Waals surface area (Å²) in [7, 11) is 0. The van der Waals surface area contributed by atoms with Crippen molar-refractivity contribution in [1.82, 2.24) is 5.32 Å². The lowest BCUT2D eigenvalue weighted by Crippen LogP contribution is -2.46. The molecule has 0 saturated carbocycles. The van der Waals surface area contributed by atoms with Gasteiger partial charge in [-0.05, 0) is 35.6 Å². The predicted octanol–water partition coefficient (Wildman–Crippen LogP) is 3.38. The standard InChI is InChI=1S/C22H27NO4/c1-5-27-21(26)18(19(24)15-9-7-6-8-10-15)23-20(25)16-11-13-17(14-12-16)22(2,3)4/h6-14,18-19,24H,5H2,1-4H3,(H,23,25). The molecule has 2 rings (SSSR count). The van der Waals surface area contributed by atoms with Crippen LogP contribution < -0.4 is 5.32 Å². The molecular formula is C22H27NO4. The van der Waals surface area contributed by atoms with E-state index in [9.17, 15) is 14.7 Å². The first-order valence-corrected chi connectivity index (χ1v) is 9.05. The maximum absolute atomic E-state index is 12.6. The number of nitrogens with one attached hydrogen (secondary N) is 1. The van der Waals surface area contributed by atoms with Crippen molar-refractivity contribution in [3.8, 4) is 0 Å². The minimum atomic E-state index is -1.21. The van der Waals surface area contributed by atoms with E-state index in [1.807, 2.05) is 18.2 Å². The number of rotatable bonds is 6. The van der Waals surface area contributed by atoms with Gasteiger partial charge in [-0.15, -0.1) is 0 Å². The molecule has 2 N–H and O–H groups in total. The Morgan fingerprint density at radius 2 is 1.63 bits per heavy atom. The van der Waals surface area contributed by atoms with E-state index in [1.54, 1.807) is 43.3 Å². The van der Waals surface area contributed by atoms with Crippen LogP contribution in [-0.4, -0.2) is 29.6 Å². The van der Waals surface area contributed by atoms with Crippen LogP contribution >= 0.6 is 0 Å². The van der Waals surface area contributed by atoms with Crippen LogP contribution in [0.4, 0.5) is 0 Å². The smallest absolute Gasteiger partial charge is 0.331 e. The minimum Gasteiger partial charge on any atom is -0.464 e. The molecule has 0 fully saturated rings. The SMILES string of the molecule is CCOC(=O)C(NC(=O)c1ccc(C(C)(C)C)cc1)C(O)c1ccccc1. The molecule has 2 aromatic rings. The first-order valence-electron chi connectivity index (χ1n) is 9.05. The zero-order valence-corrected chi connectivity index (χ0v) is 16.2. The van der Waals surface area contributed by atoms with E-state index in [0.717, 1.165) is 5.56 Å². The quantitative estimate of drug-likeness (QED) is 0.766. The molecule has 2 atom stereocenters. The molecule has 5 nitrogen and oxygen atoms in total. The zero-order chi connectivity index (χ0) is 20.0. The van der Waals surface area contributed by atoms with Crippen LogP contribution in [0, 0.1) is 0 Å². The average molecular weight is 369 g/mol. The Bertz CT molecular complexity index is 763. The molecule has 0 aliphatic rings. The molecule has 0 bridgehead atoms. The molecule has 0 heterocycles. The Morgan fingerprint density at radius 1 is 1.04 bits per heavy atom. The summed E-state index contributed by atoms with van der Waals surface area (Å²) in [6, 6.07) is 14.7. The van der Waals surface area contributed by atoms with Gasteiger partial charge < -0.3 is 15.2 Å². The van der Waals surface area contributed by atoms with Gasteiger partial charge in [-0.1, -0.05) is 63.2 Å². The third kappa shape index (κ3) is 5.41. The molecule has 27 heavy (non-hydrogen) atoms. The van der Waals surface area contributed by atoms with Gasteiger partial charge in [-0.2, -0.15) is 0 Å². The summed E-state index contributed by atoms with van der Waals surface area (Å²) in [5.41, 5.74) is 2.02. The number of benzene rings is 2. The van der Waals surface area contributed by atoms with Gasteiger partial charge in [0.1, 0.15) is 6.10 Å². The van der Waals surface area contributed by atoms with Crippen molar-refractivity contribution in [2.45, 2.75) is 45.3 Å². The molecule has 144 valence electrons. The van der Waals surface area contributed by atoms with Gasteiger partial charge in [-0.3, -0.25) is 4.79 Å². The maximum Gasteiger partial charge on any atom is 0.331 e. The molecule has 0 spiro atoms. The topological polar surface area (TPSA) is 75.6 Å². The van der Waals surface area contributed by atoms with Crippen LogP contribution in [0.2, 0.25) is 0 Å². The summed E-state index contributed by atoms with van der Waals surface area (Å²) in [6.07, 6.45) is -1.21. The number of hydrogen-bond acceptors (Lipinski definition) is 4. The van der Waals surface area contributed by atoms with Crippen molar-refractivity contribution in [1.29, 1.82) is 0 Å². The Balaban J connectivity index is 2.21. The van der Waals surface area contributed by atoms with Crippen LogP contribution in [0.5, 0.6) is 0 Å². The lowest BCUT2D eigenvalue weighted by atomic mass is 9.86. The third-order valence-corrected chi connectivity index (χ3v) is 4.30. The third-order valence-electron chi connectivity index (χ3n) is 4.30. The number of carbonyl (C=O) groups is 2. The fourth-order valence-corrected chi connectivity index (χ4v) is 2.69. The van der Waals surface area contributed by atoms with Gasteiger partial charge >= 0.3 is 5.97 Å². The maximum atomic E-state index is 12.6. The van der Waals surface area contributed by atoms with Gasteiger partial charge in [0.05, 0.1) is 6.61 Å². The van der Waals surface area contributed by atoms with E-state index in [4.69, 9.17) is 4.74 Å². The van der Waals surface area contributed by atoms with E-state index in [2.05, 4.69) is 26.1 Å². The molecule has 0 aliphatic heterocycles.